The van der Waals surface area contributed by atoms with Crippen LogP contribution in [0.25, 0.3) is 16.7 Å². The summed E-state index contributed by atoms with van der Waals surface area (Å²) in [6.07, 6.45) is 2.17. The first-order chi connectivity index (χ1) is 19.3. The van der Waals surface area contributed by atoms with Gasteiger partial charge in [0.25, 0.3) is 11.5 Å². The number of carbonyl (C=O) groups excluding carboxylic acids is 1. The molecule has 0 saturated carbocycles. The minimum atomic E-state index is -0.433. The van der Waals surface area contributed by atoms with E-state index in [-0.39, 0.29) is 28.0 Å². The summed E-state index contributed by atoms with van der Waals surface area (Å²) in [5.41, 5.74) is 3.37. The first-order valence-electron chi connectivity index (χ1n) is 13.0. The zero-order valence-electron chi connectivity index (χ0n) is 22.9. The number of nitrogens with zero attached hydrogens (tertiary/aromatic N) is 3. The number of aryl methyl sites for hydroxylation is 3. The van der Waals surface area contributed by atoms with Crippen LogP contribution in [0, 0.1) is 12.3 Å². The molecule has 0 spiro atoms. The summed E-state index contributed by atoms with van der Waals surface area (Å²) in [5, 5.41) is 12.3. The molecule has 2 aromatic carbocycles. The number of methoxy groups -OCH3 is 2. The van der Waals surface area contributed by atoms with Crippen LogP contribution in [0.15, 0.2) is 77.7 Å². The standard InChI is InChI=1S/C31H31N5O4/c1-19-9-8-15-36-28(19)34-29-24(31(36)38)18-23(30(37)33-20(2)22-10-6-5-7-11-22)27(32)35(29)16-14-21-12-13-25(39-3)26(17-21)40-4/h5-13,15,17-18,20,32H,14,16H2,1-4H3,(H,33,37)/t20-/m0/s1. The molecule has 0 aliphatic rings. The van der Waals surface area contributed by atoms with Crippen molar-refractivity contribution >= 4 is 22.6 Å². The maximum atomic E-state index is 13.6. The Hall–Kier alpha value is -4.92. The van der Waals surface area contributed by atoms with Crippen LogP contribution in [0.4, 0.5) is 0 Å². The van der Waals surface area contributed by atoms with E-state index in [0.717, 1.165) is 16.7 Å². The lowest BCUT2D eigenvalue weighted by atomic mass is 10.1. The molecule has 5 rings (SSSR count). The molecule has 9 nitrogen and oxygen atoms in total. The predicted molar refractivity (Wildman–Crippen MR) is 153 cm³/mol. The van der Waals surface area contributed by atoms with Gasteiger partial charge < -0.3 is 19.4 Å². The van der Waals surface area contributed by atoms with Crippen LogP contribution in [0.2, 0.25) is 0 Å². The van der Waals surface area contributed by atoms with Crippen LogP contribution in [0.5, 0.6) is 11.5 Å². The molecule has 0 unspecified atom stereocenters. The molecule has 40 heavy (non-hydrogen) atoms. The van der Waals surface area contributed by atoms with Crippen molar-refractivity contribution in [3.05, 3.63) is 111 Å². The third-order valence-corrected chi connectivity index (χ3v) is 7.10. The van der Waals surface area contributed by atoms with Crippen LogP contribution in [-0.4, -0.2) is 34.1 Å². The Morgan fingerprint density at radius 1 is 1.00 bits per heavy atom. The Balaban J connectivity index is 1.63. The molecule has 5 aromatic rings. The molecule has 0 aliphatic heterocycles. The van der Waals surface area contributed by atoms with Gasteiger partial charge in [-0.15, -0.1) is 0 Å². The van der Waals surface area contributed by atoms with Gasteiger partial charge in [0.15, 0.2) is 11.5 Å². The number of hydrogen-bond acceptors (Lipinski definition) is 6. The third-order valence-electron chi connectivity index (χ3n) is 7.10. The highest BCUT2D eigenvalue weighted by Crippen LogP contribution is 2.28. The second-order valence-corrected chi connectivity index (χ2v) is 9.64. The van der Waals surface area contributed by atoms with Gasteiger partial charge in [0.2, 0.25) is 0 Å². The van der Waals surface area contributed by atoms with E-state index in [4.69, 9.17) is 19.9 Å². The highest BCUT2D eigenvalue weighted by molar-refractivity contribution is 5.97. The van der Waals surface area contributed by atoms with Crippen LogP contribution >= 0.6 is 0 Å². The summed E-state index contributed by atoms with van der Waals surface area (Å²) in [7, 11) is 3.16. The normalized spacial score (nSPS) is 11.9. The van der Waals surface area contributed by atoms with Crippen molar-refractivity contribution in [2.24, 2.45) is 0 Å². The highest BCUT2D eigenvalue weighted by Gasteiger charge is 2.20. The highest BCUT2D eigenvalue weighted by atomic mass is 16.5. The fourth-order valence-electron chi connectivity index (χ4n) is 4.86. The average Bonchev–Trinajstić information content (AvgIpc) is 2.97. The molecule has 0 bridgehead atoms. The molecule has 1 atom stereocenters. The van der Waals surface area contributed by atoms with Crippen LogP contribution in [0.1, 0.15) is 40.0 Å². The minimum Gasteiger partial charge on any atom is -0.493 e. The zero-order valence-corrected chi connectivity index (χ0v) is 22.9. The third kappa shape index (κ3) is 4.93. The summed E-state index contributed by atoms with van der Waals surface area (Å²) in [6, 6.07) is 20.1. The molecule has 9 heteroatoms. The first kappa shape index (κ1) is 26.7. The number of pyridine rings is 2. The Morgan fingerprint density at radius 3 is 2.48 bits per heavy atom. The van der Waals surface area contributed by atoms with Gasteiger partial charge in [-0.1, -0.05) is 42.5 Å². The van der Waals surface area contributed by atoms with Crippen molar-refractivity contribution in [3.8, 4) is 11.5 Å². The van der Waals surface area contributed by atoms with Gasteiger partial charge in [0, 0.05) is 12.7 Å². The van der Waals surface area contributed by atoms with E-state index >= 15 is 0 Å². The number of hydrogen-bond donors (Lipinski definition) is 2. The van der Waals surface area contributed by atoms with E-state index in [1.165, 1.54) is 10.5 Å². The van der Waals surface area contributed by atoms with Gasteiger partial charge in [-0.05, 0) is 61.2 Å². The molecule has 0 fully saturated rings. The van der Waals surface area contributed by atoms with Crippen molar-refractivity contribution in [3.63, 3.8) is 0 Å². The van der Waals surface area contributed by atoms with Crippen molar-refractivity contribution in [1.29, 1.82) is 5.41 Å². The zero-order chi connectivity index (χ0) is 28.4. The number of carbonyl (C=O) groups is 1. The van der Waals surface area contributed by atoms with E-state index in [1.54, 1.807) is 31.0 Å². The van der Waals surface area contributed by atoms with Gasteiger partial charge in [0.05, 0.1) is 31.2 Å². The molecule has 3 heterocycles. The van der Waals surface area contributed by atoms with Crippen molar-refractivity contribution < 1.29 is 14.3 Å². The van der Waals surface area contributed by atoms with Crippen molar-refractivity contribution in [2.45, 2.75) is 32.9 Å². The number of benzene rings is 2. The smallest absolute Gasteiger partial charge is 0.267 e. The molecular formula is C31H31N5O4. The van der Waals surface area contributed by atoms with Crippen LogP contribution < -0.4 is 25.8 Å². The summed E-state index contributed by atoms with van der Waals surface area (Å²) >= 11 is 0. The van der Waals surface area contributed by atoms with Crippen molar-refractivity contribution in [1.82, 2.24) is 19.3 Å². The van der Waals surface area contributed by atoms with E-state index in [1.807, 2.05) is 68.4 Å². The Kier molecular flexibility index (Phi) is 7.37. The molecule has 204 valence electrons. The SMILES string of the molecule is COc1ccc(CCn2c(=N)c(C(=O)N[C@@H](C)c3ccccc3)cc3c(=O)n4cccc(C)c4nc32)cc1OC. The van der Waals surface area contributed by atoms with Gasteiger partial charge in [-0.3, -0.25) is 19.4 Å². The first-order valence-corrected chi connectivity index (χ1v) is 13.0. The number of nitrogens with one attached hydrogen (secondary N) is 2. The molecule has 0 saturated heterocycles. The lowest BCUT2D eigenvalue weighted by Gasteiger charge is -2.18. The monoisotopic (exact) mass is 537 g/mol. The minimum absolute atomic E-state index is 0.0180. The molecule has 0 aliphatic carbocycles. The lowest BCUT2D eigenvalue weighted by molar-refractivity contribution is 0.0937. The Bertz CT molecular complexity index is 1840. The van der Waals surface area contributed by atoms with Gasteiger partial charge in [0.1, 0.15) is 16.8 Å². The Morgan fingerprint density at radius 2 is 1.75 bits per heavy atom. The number of fused-ring (bicyclic) bond motifs is 2. The average molecular weight is 538 g/mol. The maximum Gasteiger partial charge on any atom is 0.267 e. The van der Waals surface area contributed by atoms with E-state index < -0.39 is 5.91 Å². The molecule has 0 radical (unpaired) electrons. The number of ether oxygens (including phenoxy) is 2. The van der Waals surface area contributed by atoms with E-state index in [2.05, 4.69) is 5.32 Å². The van der Waals surface area contributed by atoms with Crippen molar-refractivity contribution in [2.75, 3.05) is 14.2 Å². The molecule has 3 aromatic heterocycles. The largest absolute Gasteiger partial charge is 0.493 e. The summed E-state index contributed by atoms with van der Waals surface area (Å²) in [5.74, 6) is 0.784. The topological polar surface area (TPSA) is 111 Å². The van der Waals surface area contributed by atoms with Gasteiger partial charge in [-0.25, -0.2) is 4.98 Å². The Labute approximate surface area is 231 Å². The quantitative estimate of drug-likeness (QED) is 0.289. The van der Waals surface area contributed by atoms with E-state index in [9.17, 15) is 9.59 Å². The van der Waals surface area contributed by atoms with Crippen LogP contribution in [-0.2, 0) is 13.0 Å². The summed E-state index contributed by atoms with van der Waals surface area (Å²) in [6.45, 7) is 4.08. The second kappa shape index (κ2) is 11.1. The fourth-order valence-corrected chi connectivity index (χ4v) is 4.86. The van der Waals surface area contributed by atoms with Gasteiger partial charge in [-0.2, -0.15) is 0 Å². The molecular weight excluding hydrogens is 506 g/mol. The summed E-state index contributed by atoms with van der Waals surface area (Å²) in [4.78, 5) is 31.9. The molecule has 2 N–H and O–H groups in total. The predicted octanol–water partition coefficient (Wildman–Crippen LogP) is 4.19. The number of rotatable bonds is 8. The second-order valence-electron chi connectivity index (χ2n) is 9.64. The number of amides is 1. The summed E-state index contributed by atoms with van der Waals surface area (Å²) < 4.78 is 13.9. The van der Waals surface area contributed by atoms with E-state index in [0.29, 0.717) is 35.8 Å². The lowest BCUT2D eigenvalue weighted by Crippen LogP contribution is -2.36. The fraction of sp³-hybridized carbons (Fsp3) is 0.226. The van der Waals surface area contributed by atoms with Gasteiger partial charge >= 0.3 is 0 Å². The van der Waals surface area contributed by atoms with Crippen LogP contribution in [0.3, 0.4) is 0 Å². The molecule has 1 amide bonds. The number of aromatic nitrogens is 3. The maximum absolute atomic E-state index is 13.6.